The maximum Gasteiger partial charge on any atom is 0.237 e. The Balaban J connectivity index is 1.32. The summed E-state index contributed by atoms with van der Waals surface area (Å²) in [6.07, 6.45) is 4.06. The van der Waals surface area contributed by atoms with Crippen LogP contribution in [0.1, 0.15) is 17.2 Å². The lowest BCUT2D eigenvalue weighted by molar-refractivity contribution is -0.135. The molecule has 1 aromatic heterocycles. The van der Waals surface area contributed by atoms with Crippen LogP contribution in [0.25, 0.3) is 0 Å². The predicted octanol–water partition coefficient (Wildman–Crippen LogP) is 1.38. The molecule has 0 unspecified atom stereocenters. The van der Waals surface area contributed by atoms with Crippen LogP contribution in [0.4, 0.5) is 0 Å². The Bertz CT molecular complexity index is 863. The number of hydrogen-bond acceptors (Lipinski definition) is 5. The van der Waals surface area contributed by atoms with Crippen molar-refractivity contribution in [1.29, 1.82) is 0 Å². The quantitative estimate of drug-likeness (QED) is 0.747. The fourth-order valence-corrected chi connectivity index (χ4v) is 5.45. The molecule has 0 bridgehead atoms. The fraction of sp³-hybridized carbons (Fsp3) is 0.565. The van der Waals surface area contributed by atoms with E-state index in [-0.39, 0.29) is 11.9 Å². The Morgan fingerprint density at radius 3 is 2.63 bits per heavy atom. The van der Waals surface area contributed by atoms with Crippen molar-refractivity contribution in [1.82, 2.24) is 24.5 Å². The SMILES string of the molecule is Cn1cc(CN2C[C@H]3CN(C(=O)CN4CCOCC4)[C@@H](c4ccccc4)[C@H]3C2)cn1. The van der Waals surface area contributed by atoms with Crippen LogP contribution in [0.2, 0.25) is 0 Å². The third-order valence-electron chi connectivity index (χ3n) is 6.83. The van der Waals surface area contributed by atoms with Crippen LogP contribution >= 0.6 is 0 Å². The number of benzene rings is 1. The molecule has 0 saturated carbocycles. The van der Waals surface area contributed by atoms with Gasteiger partial charge in [-0.05, 0) is 11.5 Å². The monoisotopic (exact) mass is 409 g/mol. The number of likely N-dealkylation sites (tertiary alicyclic amines) is 2. The van der Waals surface area contributed by atoms with E-state index in [0.717, 1.165) is 52.5 Å². The summed E-state index contributed by atoms with van der Waals surface area (Å²) in [5, 5.41) is 4.31. The smallest absolute Gasteiger partial charge is 0.237 e. The maximum absolute atomic E-state index is 13.3. The Labute approximate surface area is 178 Å². The molecule has 160 valence electrons. The number of hydrogen-bond donors (Lipinski definition) is 0. The molecular formula is C23H31N5O2. The van der Waals surface area contributed by atoms with Crippen molar-refractivity contribution in [2.75, 3.05) is 52.5 Å². The number of morpholine rings is 1. The second-order valence-electron chi connectivity index (χ2n) is 8.93. The van der Waals surface area contributed by atoms with Gasteiger partial charge < -0.3 is 9.64 Å². The summed E-state index contributed by atoms with van der Waals surface area (Å²) < 4.78 is 7.31. The Morgan fingerprint density at radius 2 is 1.90 bits per heavy atom. The van der Waals surface area contributed by atoms with Gasteiger partial charge in [0.15, 0.2) is 0 Å². The molecule has 3 aliphatic rings. The van der Waals surface area contributed by atoms with E-state index >= 15 is 0 Å². The van der Waals surface area contributed by atoms with E-state index in [1.807, 2.05) is 17.9 Å². The molecule has 0 radical (unpaired) electrons. The minimum absolute atomic E-state index is 0.170. The molecule has 30 heavy (non-hydrogen) atoms. The van der Waals surface area contributed by atoms with Gasteiger partial charge in [0, 0.05) is 64.0 Å². The first-order chi connectivity index (χ1) is 14.7. The van der Waals surface area contributed by atoms with Crippen LogP contribution < -0.4 is 0 Å². The van der Waals surface area contributed by atoms with Crippen LogP contribution in [0.15, 0.2) is 42.7 Å². The molecule has 5 rings (SSSR count). The molecule has 3 saturated heterocycles. The van der Waals surface area contributed by atoms with E-state index in [0.29, 0.717) is 18.4 Å². The van der Waals surface area contributed by atoms with Gasteiger partial charge in [-0.15, -0.1) is 0 Å². The van der Waals surface area contributed by atoms with Crippen LogP contribution in [0, 0.1) is 11.8 Å². The summed E-state index contributed by atoms with van der Waals surface area (Å²) in [4.78, 5) is 20.3. The lowest BCUT2D eigenvalue weighted by Crippen LogP contribution is -2.45. The highest BCUT2D eigenvalue weighted by atomic mass is 16.5. The third kappa shape index (κ3) is 4.02. The van der Waals surface area contributed by atoms with Gasteiger partial charge >= 0.3 is 0 Å². The summed E-state index contributed by atoms with van der Waals surface area (Å²) >= 11 is 0. The summed E-state index contributed by atoms with van der Waals surface area (Å²) in [7, 11) is 1.96. The van der Waals surface area contributed by atoms with E-state index in [1.165, 1.54) is 11.1 Å². The Kier molecular flexibility index (Phi) is 5.58. The highest BCUT2D eigenvalue weighted by Gasteiger charge is 2.49. The van der Waals surface area contributed by atoms with Crippen molar-refractivity contribution >= 4 is 5.91 Å². The van der Waals surface area contributed by atoms with Crippen molar-refractivity contribution in [3.05, 3.63) is 53.9 Å². The average Bonchev–Trinajstić information content (AvgIpc) is 3.43. The fourth-order valence-electron chi connectivity index (χ4n) is 5.45. The van der Waals surface area contributed by atoms with E-state index in [2.05, 4.69) is 56.3 Å². The van der Waals surface area contributed by atoms with Crippen LogP contribution in [-0.4, -0.2) is 82.9 Å². The second-order valence-corrected chi connectivity index (χ2v) is 8.93. The van der Waals surface area contributed by atoms with Crippen LogP contribution in [0.5, 0.6) is 0 Å². The zero-order valence-corrected chi connectivity index (χ0v) is 17.7. The van der Waals surface area contributed by atoms with Crippen molar-refractivity contribution in [3.8, 4) is 0 Å². The number of aryl methyl sites for hydroxylation is 1. The number of rotatable bonds is 5. The molecule has 0 spiro atoms. The van der Waals surface area contributed by atoms with Gasteiger partial charge in [0.25, 0.3) is 0 Å². The summed E-state index contributed by atoms with van der Waals surface area (Å²) in [5.74, 6) is 1.28. The zero-order valence-electron chi connectivity index (χ0n) is 17.7. The number of amides is 1. The van der Waals surface area contributed by atoms with E-state index < -0.39 is 0 Å². The molecule has 3 fully saturated rings. The van der Waals surface area contributed by atoms with Crippen LogP contribution in [-0.2, 0) is 23.1 Å². The molecule has 2 aromatic rings. The van der Waals surface area contributed by atoms with Gasteiger partial charge in [-0.25, -0.2) is 0 Å². The van der Waals surface area contributed by atoms with E-state index in [9.17, 15) is 4.79 Å². The van der Waals surface area contributed by atoms with Gasteiger partial charge in [-0.1, -0.05) is 30.3 Å². The van der Waals surface area contributed by atoms with E-state index in [4.69, 9.17) is 4.74 Å². The first-order valence-electron chi connectivity index (χ1n) is 11.0. The van der Waals surface area contributed by atoms with E-state index in [1.54, 1.807) is 0 Å². The van der Waals surface area contributed by atoms with Crippen molar-refractivity contribution < 1.29 is 9.53 Å². The normalized spacial score (nSPS) is 27.5. The van der Waals surface area contributed by atoms with Gasteiger partial charge in [0.2, 0.25) is 5.91 Å². The lowest BCUT2D eigenvalue weighted by Gasteiger charge is -2.33. The largest absolute Gasteiger partial charge is 0.379 e. The highest BCUT2D eigenvalue weighted by molar-refractivity contribution is 5.79. The molecule has 1 amide bonds. The zero-order chi connectivity index (χ0) is 20.5. The summed E-state index contributed by atoms with van der Waals surface area (Å²) in [6, 6.07) is 10.8. The molecule has 3 aliphatic heterocycles. The van der Waals surface area contributed by atoms with Crippen molar-refractivity contribution in [2.24, 2.45) is 18.9 Å². The molecule has 4 heterocycles. The number of aromatic nitrogens is 2. The van der Waals surface area contributed by atoms with Crippen molar-refractivity contribution in [2.45, 2.75) is 12.6 Å². The number of fused-ring (bicyclic) bond motifs is 1. The standard InChI is InChI=1S/C23H31N5O2/c1-25-12-18(11-24-25)13-27-14-20-15-28(22(29)17-26-7-9-30-10-8-26)23(21(20)16-27)19-5-3-2-4-6-19/h2-6,11-12,20-21,23H,7-10,13-17H2,1H3/t20-,21-,23-/m0/s1. The highest BCUT2D eigenvalue weighted by Crippen LogP contribution is 2.45. The minimum Gasteiger partial charge on any atom is -0.379 e. The molecule has 7 nitrogen and oxygen atoms in total. The molecule has 1 aromatic carbocycles. The first-order valence-corrected chi connectivity index (χ1v) is 11.0. The number of nitrogens with zero attached hydrogens (tertiary/aromatic N) is 5. The summed E-state index contributed by atoms with van der Waals surface area (Å²) in [6.45, 7) is 7.52. The minimum atomic E-state index is 0.170. The van der Waals surface area contributed by atoms with Gasteiger partial charge in [-0.3, -0.25) is 19.3 Å². The van der Waals surface area contributed by atoms with Gasteiger partial charge in [-0.2, -0.15) is 5.10 Å². The molecule has 3 atom stereocenters. The van der Waals surface area contributed by atoms with Gasteiger partial charge in [0.05, 0.1) is 32.0 Å². The lowest BCUT2D eigenvalue weighted by atomic mass is 9.89. The molecule has 7 heteroatoms. The molecular weight excluding hydrogens is 378 g/mol. The second kappa shape index (κ2) is 8.49. The van der Waals surface area contributed by atoms with Crippen LogP contribution in [0.3, 0.4) is 0 Å². The average molecular weight is 410 g/mol. The number of carbonyl (C=O) groups is 1. The maximum atomic E-state index is 13.3. The topological polar surface area (TPSA) is 53.8 Å². The van der Waals surface area contributed by atoms with Gasteiger partial charge in [0.1, 0.15) is 0 Å². The number of ether oxygens (including phenoxy) is 1. The van der Waals surface area contributed by atoms with Crippen molar-refractivity contribution in [3.63, 3.8) is 0 Å². The molecule has 0 N–H and O–H groups in total. The molecule has 0 aliphatic carbocycles. The number of carbonyl (C=O) groups excluding carboxylic acids is 1. The third-order valence-corrected chi connectivity index (χ3v) is 6.83. The predicted molar refractivity (Wildman–Crippen MR) is 114 cm³/mol. The first kappa shape index (κ1) is 19.7. The Hall–Kier alpha value is -2.22. The Morgan fingerprint density at radius 1 is 1.10 bits per heavy atom. The summed E-state index contributed by atoms with van der Waals surface area (Å²) in [5.41, 5.74) is 2.53.